The molecule has 2 aromatic rings. The standard InChI is InChI=1S/C12H16ClN5O3/c1-7(20)21-5-8(4-19)2-3-18-6-15-9-10(13)16-12(14)17-11(9)18/h6,8,19H,2-5H2,1H3,(H2,14,16,17). The van der Waals surface area contributed by atoms with Gasteiger partial charge in [-0.2, -0.15) is 9.97 Å². The molecule has 2 aromatic heterocycles. The van der Waals surface area contributed by atoms with E-state index in [0.29, 0.717) is 24.1 Å². The first-order chi connectivity index (χ1) is 10.0. The number of aliphatic hydroxyl groups excluding tert-OH is 1. The molecule has 0 aliphatic heterocycles. The van der Waals surface area contributed by atoms with Gasteiger partial charge in [-0.25, -0.2) is 4.98 Å². The van der Waals surface area contributed by atoms with E-state index in [1.165, 1.54) is 6.92 Å². The van der Waals surface area contributed by atoms with E-state index in [1.54, 1.807) is 10.9 Å². The third-order valence-electron chi connectivity index (χ3n) is 3.00. The smallest absolute Gasteiger partial charge is 0.302 e. The van der Waals surface area contributed by atoms with Gasteiger partial charge >= 0.3 is 5.97 Å². The molecule has 0 bridgehead atoms. The molecule has 2 rings (SSSR count). The van der Waals surface area contributed by atoms with Crippen molar-refractivity contribution in [3.05, 3.63) is 11.5 Å². The van der Waals surface area contributed by atoms with Crippen molar-refractivity contribution >= 4 is 34.7 Å². The number of hydrogen-bond acceptors (Lipinski definition) is 7. The van der Waals surface area contributed by atoms with Crippen molar-refractivity contribution < 1.29 is 14.6 Å². The lowest BCUT2D eigenvalue weighted by atomic mass is 10.1. The summed E-state index contributed by atoms with van der Waals surface area (Å²) in [6, 6.07) is 0. The SMILES string of the molecule is CC(=O)OCC(CO)CCn1cnc2c(Cl)nc(N)nc21. The van der Waals surface area contributed by atoms with Gasteiger partial charge in [-0.05, 0) is 6.42 Å². The van der Waals surface area contributed by atoms with E-state index in [0.717, 1.165) is 0 Å². The molecular weight excluding hydrogens is 298 g/mol. The van der Waals surface area contributed by atoms with E-state index in [2.05, 4.69) is 15.0 Å². The van der Waals surface area contributed by atoms with Crippen LogP contribution in [0.2, 0.25) is 5.15 Å². The first kappa shape index (κ1) is 15.5. The van der Waals surface area contributed by atoms with Crippen molar-refractivity contribution in [3.8, 4) is 0 Å². The fourth-order valence-electron chi connectivity index (χ4n) is 1.87. The zero-order chi connectivity index (χ0) is 15.4. The first-order valence-corrected chi connectivity index (χ1v) is 6.77. The van der Waals surface area contributed by atoms with Crippen LogP contribution >= 0.6 is 11.6 Å². The number of ether oxygens (including phenoxy) is 1. The van der Waals surface area contributed by atoms with Crippen LogP contribution in [0.5, 0.6) is 0 Å². The fourth-order valence-corrected chi connectivity index (χ4v) is 2.09. The van der Waals surface area contributed by atoms with Crippen LogP contribution in [0, 0.1) is 5.92 Å². The highest BCUT2D eigenvalue weighted by Crippen LogP contribution is 2.20. The molecule has 2 heterocycles. The number of aromatic nitrogens is 4. The van der Waals surface area contributed by atoms with Gasteiger partial charge in [0.2, 0.25) is 5.95 Å². The molecule has 3 N–H and O–H groups in total. The summed E-state index contributed by atoms with van der Waals surface area (Å²) < 4.78 is 6.67. The van der Waals surface area contributed by atoms with Crippen molar-refractivity contribution in [2.45, 2.75) is 19.9 Å². The topological polar surface area (TPSA) is 116 Å². The Kier molecular flexibility index (Phi) is 4.92. The Morgan fingerprint density at radius 2 is 2.33 bits per heavy atom. The Bertz CT molecular complexity index is 645. The van der Waals surface area contributed by atoms with Gasteiger partial charge < -0.3 is 20.1 Å². The Morgan fingerprint density at radius 1 is 1.57 bits per heavy atom. The molecule has 0 aliphatic carbocycles. The first-order valence-electron chi connectivity index (χ1n) is 6.39. The van der Waals surface area contributed by atoms with Crippen LogP contribution in [0.1, 0.15) is 13.3 Å². The number of esters is 1. The van der Waals surface area contributed by atoms with E-state index in [-0.39, 0.29) is 36.2 Å². The van der Waals surface area contributed by atoms with Gasteiger partial charge in [-0.3, -0.25) is 4.79 Å². The number of nitrogens with two attached hydrogens (primary N) is 1. The Balaban J connectivity index is 2.07. The maximum atomic E-state index is 10.8. The van der Waals surface area contributed by atoms with Crippen LogP contribution in [0.3, 0.4) is 0 Å². The second-order valence-electron chi connectivity index (χ2n) is 4.62. The summed E-state index contributed by atoms with van der Waals surface area (Å²) in [5.41, 5.74) is 6.59. The number of carbonyl (C=O) groups is 1. The number of carbonyl (C=O) groups excluding carboxylic acids is 1. The van der Waals surface area contributed by atoms with Gasteiger partial charge in [0.1, 0.15) is 5.52 Å². The molecular formula is C12H16ClN5O3. The average Bonchev–Trinajstić information content (AvgIpc) is 2.82. The number of nitrogens with zero attached hydrogens (tertiary/aromatic N) is 4. The number of nitrogen functional groups attached to an aromatic ring is 1. The lowest BCUT2D eigenvalue weighted by Gasteiger charge is -2.14. The zero-order valence-corrected chi connectivity index (χ0v) is 12.2. The molecule has 0 aromatic carbocycles. The van der Waals surface area contributed by atoms with Crippen molar-refractivity contribution in [1.82, 2.24) is 19.5 Å². The van der Waals surface area contributed by atoms with Crippen molar-refractivity contribution in [3.63, 3.8) is 0 Å². The van der Waals surface area contributed by atoms with Crippen LogP contribution in [-0.4, -0.2) is 43.8 Å². The molecule has 21 heavy (non-hydrogen) atoms. The van der Waals surface area contributed by atoms with Crippen LogP contribution < -0.4 is 5.73 Å². The fraction of sp³-hybridized carbons (Fsp3) is 0.500. The highest BCUT2D eigenvalue weighted by molar-refractivity contribution is 6.33. The lowest BCUT2D eigenvalue weighted by Crippen LogP contribution is -2.18. The third kappa shape index (κ3) is 3.79. The van der Waals surface area contributed by atoms with Crippen molar-refractivity contribution in [1.29, 1.82) is 0 Å². The summed E-state index contributed by atoms with van der Waals surface area (Å²) in [7, 11) is 0. The number of anilines is 1. The van der Waals surface area contributed by atoms with Crippen LogP contribution in [0.15, 0.2) is 6.33 Å². The Hall–Kier alpha value is -1.93. The lowest BCUT2D eigenvalue weighted by molar-refractivity contribution is -0.142. The molecule has 1 unspecified atom stereocenters. The number of hydrogen-bond donors (Lipinski definition) is 2. The van der Waals surface area contributed by atoms with Crippen LogP contribution in [-0.2, 0) is 16.1 Å². The molecule has 0 radical (unpaired) electrons. The highest BCUT2D eigenvalue weighted by Gasteiger charge is 2.14. The normalized spacial score (nSPS) is 12.5. The molecule has 0 spiro atoms. The molecule has 0 saturated heterocycles. The number of aliphatic hydroxyl groups is 1. The van der Waals surface area contributed by atoms with E-state index < -0.39 is 0 Å². The minimum absolute atomic E-state index is 0.0716. The summed E-state index contributed by atoms with van der Waals surface area (Å²) >= 11 is 5.95. The van der Waals surface area contributed by atoms with Crippen LogP contribution in [0.4, 0.5) is 5.95 Å². The molecule has 8 nitrogen and oxygen atoms in total. The highest BCUT2D eigenvalue weighted by atomic mass is 35.5. The summed E-state index contributed by atoms with van der Waals surface area (Å²) in [5, 5.41) is 9.49. The Labute approximate surface area is 125 Å². The van der Waals surface area contributed by atoms with Crippen LogP contribution in [0.25, 0.3) is 11.2 Å². The number of rotatable bonds is 6. The minimum Gasteiger partial charge on any atom is -0.465 e. The summed E-state index contributed by atoms with van der Waals surface area (Å²) in [4.78, 5) is 22.9. The maximum Gasteiger partial charge on any atom is 0.302 e. The largest absolute Gasteiger partial charge is 0.465 e. The van der Waals surface area contributed by atoms with Gasteiger partial charge in [0, 0.05) is 26.0 Å². The van der Waals surface area contributed by atoms with Gasteiger partial charge in [-0.1, -0.05) is 11.6 Å². The number of halogens is 1. The quantitative estimate of drug-likeness (QED) is 0.593. The molecule has 0 fully saturated rings. The van der Waals surface area contributed by atoms with Gasteiger partial charge in [0.25, 0.3) is 0 Å². The summed E-state index contributed by atoms with van der Waals surface area (Å²) in [6.45, 7) is 1.98. The van der Waals surface area contributed by atoms with Crippen molar-refractivity contribution in [2.24, 2.45) is 5.92 Å². The molecule has 1 atom stereocenters. The van der Waals surface area contributed by atoms with E-state index in [4.69, 9.17) is 22.1 Å². The number of aryl methyl sites for hydroxylation is 1. The number of fused-ring (bicyclic) bond motifs is 1. The summed E-state index contributed by atoms with van der Waals surface area (Å²) in [5.74, 6) is -0.442. The van der Waals surface area contributed by atoms with Crippen molar-refractivity contribution in [2.75, 3.05) is 18.9 Å². The summed E-state index contributed by atoms with van der Waals surface area (Å²) in [6.07, 6.45) is 2.18. The molecule has 0 saturated carbocycles. The van der Waals surface area contributed by atoms with E-state index in [9.17, 15) is 9.90 Å². The Morgan fingerprint density at radius 3 is 3.00 bits per heavy atom. The van der Waals surface area contributed by atoms with E-state index in [1.807, 2.05) is 0 Å². The predicted molar refractivity (Wildman–Crippen MR) is 76.6 cm³/mol. The maximum absolute atomic E-state index is 10.8. The van der Waals surface area contributed by atoms with Gasteiger partial charge in [-0.15, -0.1) is 0 Å². The third-order valence-corrected chi connectivity index (χ3v) is 3.26. The zero-order valence-electron chi connectivity index (χ0n) is 11.5. The second kappa shape index (κ2) is 6.68. The van der Waals surface area contributed by atoms with Gasteiger partial charge in [0.15, 0.2) is 10.8 Å². The number of imidazole rings is 1. The molecule has 0 aliphatic rings. The molecule has 114 valence electrons. The monoisotopic (exact) mass is 313 g/mol. The molecule has 0 amide bonds. The van der Waals surface area contributed by atoms with E-state index >= 15 is 0 Å². The predicted octanol–water partition coefficient (Wildman–Crippen LogP) is 0.624. The second-order valence-corrected chi connectivity index (χ2v) is 4.98. The van der Waals surface area contributed by atoms with Gasteiger partial charge in [0.05, 0.1) is 12.9 Å². The molecule has 9 heteroatoms. The average molecular weight is 314 g/mol. The minimum atomic E-state index is -0.367.